The normalized spacial score (nSPS) is 15.6. The van der Waals surface area contributed by atoms with E-state index in [1.807, 2.05) is 17.5 Å². The van der Waals surface area contributed by atoms with E-state index in [0.29, 0.717) is 29.9 Å². The maximum absolute atomic E-state index is 11.6. The van der Waals surface area contributed by atoms with Gasteiger partial charge >= 0.3 is 0 Å². The first-order valence-corrected chi connectivity index (χ1v) is 11.3. The van der Waals surface area contributed by atoms with Gasteiger partial charge in [0.1, 0.15) is 0 Å². The number of amidine groups is 2. The Morgan fingerprint density at radius 3 is 2.86 bits per heavy atom. The number of nitrogens with one attached hydrogen (secondary N) is 2. The first kappa shape index (κ1) is 20.2. The lowest BCUT2D eigenvalue weighted by Crippen LogP contribution is -2.39. The zero-order valence-corrected chi connectivity index (χ0v) is 17.2. The number of rotatable bonds is 8. The summed E-state index contributed by atoms with van der Waals surface area (Å²) < 4.78 is 19.6. The zero-order chi connectivity index (χ0) is 19.8. The van der Waals surface area contributed by atoms with Gasteiger partial charge in [-0.3, -0.25) is 4.98 Å². The molecule has 148 valence electrons. The SMILES string of the molecule is NC(N)=Nc1nc(CSCCNC2=NS(=O)N=C2NCc2cccnc2)cs1. The van der Waals surface area contributed by atoms with E-state index >= 15 is 0 Å². The first-order valence-electron chi connectivity index (χ1n) is 8.18. The maximum Gasteiger partial charge on any atom is 0.269 e. The molecule has 0 aromatic carbocycles. The second-order valence-corrected chi connectivity index (χ2v) is 8.23. The molecule has 1 atom stereocenters. The molecule has 3 rings (SSSR count). The average molecular weight is 438 g/mol. The lowest BCUT2D eigenvalue weighted by atomic mass is 10.3. The number of pyridine rings is 1. The third-order valence-electron chi connectivity index (χ3n) is 3.30. The van der Waals surface area contributed by atoms with Gasteiger partial charge in [0.05, 0.1) is 5.69 Å². The number of nitrogens with two attached hydrogens (primary N) is 2. The van der Waals surface area contributed by atoms with Gasteiger partial charge in [-0.1, -0.05) is 6.07 Å². The minimum atomic E-state index is -1.59. The molecule has 0 amide bonds. The molecule has 10 nitrogen and oxygen atoms in total. The van der Waals surface area contributed by atoms with Gasteiger partial charge in [-0.2, -0.15) is 16.8 Å². The summed E-state index contributed by atoms with van der Waals surface area (Å²) in [6.07, 6.45) is 3.47. The number of hydrogen-bond donors (Lipinski definition) is 4. The van der Waals surface area contributed by atoms with E-state index in [1.54, 1.807) is 24.2 Å². The molecular weight excluding hydrogens is 418 g/mol. The van der Waals surface area contributed by atoms with Crippen molar-refractivity contribution in [2.75, 3.05) is 12.3 Å². The fourth-order valence-corrected chi connectivity index (χ4v) is 4.34. The van der Waals surface area contributed by atoms with E-state index in [4.69, 9.17) is 11.5 Å². The number of aliphatic imine (C=N–C) groups is 1. The molecule has 2 aromatic heterocycles. The molecular formula is C15H19N9OS3. The lowest BCUT2D eigenvalue weighted by molar-refractivity contribution is 0.686. The number of nitrogens with zero attached hydrogens (tertiary/aromatic N) is 5. The summed E-state index contributed by atoms with van der Waals surface area (Å²) in [5.74, 6) is 2.56. The van der Waals surface area contributed by atoms with Crippen molar-refractivity contribution in [1.82, 2.24) is 20.6 Å². The largest absolute Gasteiger partial charge is 0.370 e. The van der Waals surface area contributed by atoms with Crippen LogP contribution in [0.4, 0.5) is 5.13 Å². The summed E-state index contributed by atoms with van der Waals surface area (Å²) in [4.78, 5) is 12.3. The van der Waals surface area contributed by atoms with Crippen LogP contribution in [0.1, 0.15) is 11.3 Å². The number of hydrogen-bond acceptors (Lipinski definition) is 8. The Hall–Kier alpha value is -2.51. The Morgan fingerprint density at radius 1 is 1.29 bits per heavy atom. The molecule has 0 aliphatic carbocycles. The van der Waals surface area contributed by atoms with E-state index in [2.05, 4.69) is 34.4 Å². The van der Waals surface area contributed by atoms with Crippen LogP contribution in [0.25, 0.3) is 0 Å². The fraction of sp³-hybridized carbons (Fsp3) is 0.267. The van der Waals surface area contributed by atoms with E-state index in [0.717, 1.165) is 22.8 Å². The Bertz CT molecular complexity index is 906. The minimum Gasteiger partial charge on any atom is -0.370 e. The molecule has 6 N–H and O–H groups in total. The summed E-state index contributed by atoms with van der Waals surface area (Å²) in [6.45, 7) is 1.18. The smallest absolute Gasteiger partial charge is 0.269 e. The maximum atomic E-state index is 11.6. The van der Waals surface area contributed by atoms with Crippen LogP contribution in [-0.4, -0.2) is 44.1 Å². The summed E-state index contributed by atoms with van der Waals surface area (Å²) in [5.41, 5.74) is 12.6. The highest BCUT2D eigenvalue weighted by molar-refractivity contribution is 7.98. The van der Waals surface area contributed by atoms with Crippen molar-refractivity contribution >= 4 is 57.0 Å². The molecule has 28 heavy (non-hydrogen) atoms. The third kappa shape index (κ3) is 6.28. The second kappa shape index (κ2) is 10.1. The highest BCUT2D eigenvalue weighted by Gasteiger charge is 2.18. The molecule has 1 aliphatic heterocycles. The Morgan fingerprint density at radius 2 is 2.11 bits per heavy atom. The van der Waals surface area contributed by atoms with Gasteiger partial charge in [0, 0.05) is 42.4 Å². The van der Waals surface area contributed by atoms with Gasteiger partial charge < -0.3 is 22.1 Å². The lowest BCUT2D eigenvalue weighted by Gasteiger charge is -2.09. The molecule has 1 aliphatic rings. The van der Waals surface area contributed by atoms with Crippen LogP contribution in [0.3, 0.4) is 0 Å². The number of aromatic nitrogens is 2. The van der Waals surface area contributed by atoms with Crippen molar-refractivity contribution < 1.29 is 4.21 Å². The number of thiazole rings is 1. The van der Waals surface area contributed by atoms with Crippen LogP contribution in [0.5, 0.6) is 0 Å². The predicted octanol–water partition coefficient (Wildman–Crippen LogP) is 0.445. The van der Waals surface area contributed by atoms with E-state index < -0.39 is 11.2 Å². The summed E-state index contributed by atoms with van der Waals surface area (Å²) >= 11 is 1.51. The highest BCUT2D eigenvalue weighted by Crippen LogP contribution is 2.21. The van der Waals surface area contributed by atoms with Crippen molar-refractivity contribution in [2.24, 2.45) is 25.3 Å². The van der Waals surface area contributed by atoms with Gasteiger partial charge in [0.15, 0.2) is 17.6 Å². The summed E-state index contributed by atoms with van der Waals surface area (Å²) in [7, 11) is 0. The Balaban J connectivity index is 1.39. The molecule has 2 aromatic rings. The number of guanidine groups is 1. The quantitative estimate of drug-likeness (QED) is 0.263. The third-order valence-corrected chi connectivity index (χ3v) is 5.75. The van der Waals surface area contributed by atoms with Crippen LogP contribution in [-0.2, 0) is 23.5 Å². The minimum absolute atomic E-state index is 0.00193. The predicted molar refractivity (Wildman–Crippen MR) is 116 cm³/mol. The van der Waals surface area contributed by atoms with Crippen LogP contribution in [0, 0.1) is 0 Å². The second-order valence-electron chi connectivity index (χ2n) is 5.46. The van der Waals surface area contributed by atoms with Gasteiger partial charge in [-0.05, 0) is 11.6 Å². The van der Waals surface area contributed by atoms with Crippen LogP contribution < -0.4 is 22.1 Å². The van der Waals surface area contributed by atoms with Crippen molar-refractivity contribution in [3.63, 3.8) is 0 Å². The monoisotopic (exact) mass is 437 g/mol. The zero-order valence-electron chi connectivity index (χ0n) is 14.7. The molecule has 0 bridgehead atoms. The molecule has 0 spiro atoms. The van der Waals surface area contributed by atoms with Crippen LogP contribution in [0.2, 0.25) is 0 Å². The van der Waals surface area contributed by atoms with Crippen molar-refractivity contribution in [3.8, 4) is 0 Å². The van der Waals surface area contributed by atoms with Gasteiger partial charge in [0.2, 0.25) is 5.13 Å². The highest BCUT2D eigenvalue weighted by atomic mass is 32.2. The van der Waals surface area contributed by atoms with Crippen LogP contribution in [0.15, 0.2) is 43.7 Å². The molecule has 1 unspecified atom stereocenters. The van der Waals surface area contributed by atoms with Crippen molar-refractivity contribution in [1.29, 1.82) is 0 Å². The summed E-state index contributed by atoms with van der Waals surface area (Å²) in [5, 5.41) is 8.79. The number of thioether (sulfide) groups is 1. The molecule has 0 saturated heterocycles. The van der Waals surface area contributed by atoms with E-state index in [-0.39, 0.29) is 5.96 Å². The molecule has 3 heterocycles. The first-order chi connectivity index (χ1) is 13.6. The Kier molecular flexibility index (Phi) is 7.33. The molecule has 0 fully saturated rings. The van der Waals surface area contributed by atoms with E-state index in [1.165, 1.54) is 11.3 Å². The molecule has 13 heteroatoms. The van der Waals surface area contributed by atoms with Gasteiger partial charge in [-0.15, -0.1) is 20.1 Å². The van der Waals surface area contributed by atoms with Gasteiger partial charge in [-0.25, -0.2) is 9.19 Å². The Labute approximate surface area is 172 Å². The molecule has 0 radical (unpaired) electrons. The standard InChI is InChI=1S/C15H19N9OS3/c16-14(17)22-15-21-11(9-27-15)8-26-5-4-19-12-13(24-28(25)23-12)20-7-10-2-1-3-18-6-10/h1-3,6,9H,4-5,7-8H2,(H,19,23)(H,20,24)(H4,16,17,21,22). The van der Waals surface area contributed by atoms with Crippen LogP contribution >= 0.6 is 23.1 Å². The van der Waals surface area contributed by atoms with Crippen molar-refractivity contribution in [2.45, 2.75) is 12.3 Å². The van der Waals surface area contributed by atoms with Gasteiger partial charge in [0.25, 0.3) is 11.2 Å². The topological polar surface area (TPSA) is 156 Å². The fourth-order valence-electron chi connectivity index (χ4n) is 2.13. The summed E-state index contributed by atoms with van der Waals surface area (Å²) in [6, 6.07) is 3.81. The van der Waals surface area contributed by atoms with Crippen molar-refractivity contribution in [3.05, 3.63) is 41.2 Å². The average Bonchev–Trinajstić information content (AvgIpc) is 3.26. The molecule has 0 saturated carbocycles. The van der Waals surface area contributed by atoms with E-state index in [9.17, 15) is 4.21 Å².